The Morgan fingerprint density at radius 1 is 1.45 bits per heavy atom. The zero-order valence-electron chi connectivity index (χ0n) is 12.0. The monoisotopic (exact) mass is 276 g/mol. The van der Waals surface area contributed by atoms with Crippen LogP contribution in [0.5, 0.6) is 5.75 Å². The van der Waals surface area contributed by atoms with Crippen molar-refractivity contribution >= 4 is 0 Å². The number of aliphatic hydroxyl groups excluding tert-OH is 2. The van der Waals surface area contributed by atoms with Crippen LogP contribution >= 0.6 is 0 Å². The van der Waals surface area contributed by atoms with Gasteiger partial charge in [-0.25, -0.2) is 0 Å². The van der Waals surface area contributed by atoms with Crippen molar-refractivity contribution in [2.45, 2.75) is 31.6 Å². The Bertz CT molecular complexity index is 536. The Morgan fingerprint density at radius 2 is 2.15 bits per heavy atom. The van der Waals surface area contributed by atoms with E-state index in [9.17, 15) is 5.11 Å². The highest BCUT2D eigenvalue weighted by molar-refractivity contribution is 5.46. The van der Waals surface area contributed by atoms with E-state index in [0.29, 0.717) is 17.9 Å². The molecule has 0 radical (unpaired) electrons. The van der Waals surface area contributed by atoms with Crippen molar-refractivity contribution in [1.29, 1.82) is 5.26 Å². The molecule has 2 rings (SSSR count). The van der Waals surface area contributed by atoms with Crippen LogP contribution in [0.25, 0.3) is 0 Å². The van der Waals surface area contributed by atoms with Gasteiger partial charge in [0.15, 0.2) is 0 Å². The Morgan fingerprint density at radius 3 is 2.75 bits per heavy atom. The summed E-state index contributed by atoms with van der Waals surface area (Å²) in [6.45, 7) is 4.11. The number of nitrogens with zero attached hydrogens (tertiary/aromatic N) is 2. The molecule has 0 aliphatic carbocycles. The number of rotatable bonds is 3. The third-order valence-electron chi connectivity index (χ3n) is 3.77. The zero-order chi connectivity index (χ0) is 14.9. The van der Waals surface area contributed by atoms with E-state index in [1.807, 2.05) is 25.8 Å². The topological polar surface area (TPSA) is 76.7 Å². The van der Waals surface area contributed by atoms with Gasteiger partial charge in [0.1, 0.15) is 17.5 Å². The van der Waals surface area contributed by atoms with E-state index in [4.69, 9.17) is 15.1 Å². The second-order valence-electron chi connectivity index (χ2n) is 5.66. The molecule has 2 N–H and O–H groups in total. The van der Waals surface area contributed by atoms with Gasteiger partial charge in [-0.3, -0.25) is 4.90 Å². The predicted molar refractivity (Wildman–Crippen MR) is 74.3 cm³/mol. The van der Waals surface area contributed by atoms with Crippen molar-refractivity contribution in [3.05, 3.63) is 29.3 Å². The molecule has 0 saturated heterocycles. The summed E-state index contributed by atoms with van der Waals surface area (Å²) >= 11 is 0. The molecule has 1 heterocycles. The van der Waals surface area contributed by atoms with Gasteiger partial charge in [0.25, 0.3) is 0 Å². The van der Waals surface area contributed by atoms with Gasteiger partial charge in [0.05, 0.1) is 24.3 Å². The second kappa shape index (κ2) is 5.41. The van der Waals surface area contributed by atoms with Gasteiger partial charge >= 0.3 is 0 Å². The molecule has 0 saturated carbocycles. The van der Waals surface area contributed by atoms with E-state index in [-0.39, 0.29) is 12.6 Å². The maximum absolute atomic E-state index is 10.6. The highest BCUT2D eigenvalue weighted by Gasteiger charge is 2.44. The van der Waals surface area contributed by atoms with Gasteiger partial charge < -0.3 is 14.9 Å². The first-order valence-corrected chi connectivity index (χ1v) is 6.63. The molecule has 1 aliphatic rings. The van der Waals surface area contributed by atoms with Crippen LogP contribution in [0.2, 0.25) is 0 Å². The van der Waals surface area contributed by atoms with Crippen molar-refractivity contribution in [3.8, 4) is 11.8 Å². The lowest BCUT2D eigenvalue weighted by Crippen LogP contribution is -2.53. The van der Waals surface area contributed by atoms with Crippen LogP contribution in [-0.2, 0) is 0 Å². The van der Waals surface area contributed by atoms with Crippen LogP contribution in [0.15, 0.2) is 18.2 Å². The summed E-state index contributed by atoms with van der Waals surface area (Å²) in [7, 11) is 1.84. The zero-order valence-corrected chi connectivity index (χ0v) is 12.0. The fourth-order valence-corrected chi connectivity index (χ4v) is 2.61. The SMILES string of the molecule is CN(CCO)[C@H]1c2cc(C#N)ccc2OC(C)(C)[C@@H]1O. The molecule has 0 bridgehead atoms. The van der Waals surface area contributed by atoms with Crippen molar-refractivity contribution in [3.63, 3.8) is 0 Å². The third kappa shape index (κ3) is 2.50. The Hall–Kier alpha value is -1.61. The molecule has 1 aromatic carbocycles. The molecule has 0 spiro atoms. The molecular weight excluding hydrogens is 256 g/mol. The van der Waals surface area contributed by atoms with Crippen LogP contribution in [-0.4, -0.2) is 47.0 Å². The van der Waals surface area contributed by atoms with Crippen molar-refractivity contribution in [2.24, 2.45) is 0 Å². The Balaban J connectivity index is 2.51. The molecule has 1 aliphatic heterocycles. The normalized spacial score (nSPS) is 23.9. The number of likely N-dealkylation sites (N-methyl/N-ethyl adjacent to an activating group) is 1. The van der Waals surface area contributed by atoms with E-state index >= 15 is 0 Å². The molecule has 20 heavy (non-hydrogen) atoms. The number of benzene rings is 1. The van der Waals surface area contributed by atoms with Crippen LogP contribution < -0.4 is 4.74 Å². The van der Waals surface area contributed by atoms with Crippen molar-refractivity contribution in [2.75, 3.05) is 20.2 Å². The maximum Gasteiger partial charge on any atom is 0.131 e. The van der Waals surface area contributed by atoms with Crippen molar-refractivity contribution in [1.82, 2.24) is 4.90 Å². The summed E-state index contributed by atoms with van der Waals surface area (Å²) in [5.41, 5.74) is 0.587. The maximum atomic E-state index is 10.6. The smallest absolute Gasteiger partial charge is 0.131 e. The van der Waals surface area contributed by atoms with Crippen LogP contribution in [0.3, 0.4) is 0 Å². The fourth-order valence-electron chi connectivity index (χ4n) is 2.61. The first-order valence-electron chi connectivity index (χ1n) is 6.63. The van der Waals surface area contributed by atoms with Gasteiger partial charge in [-0.1, -0.05) is 0 Å². The lowest BCUT2D eigenvalue weighted by atomic mass is 9.85. The van der Waals surface area contributed by atoms with Gasteiger partial charge in [0, 0.05) is 12.1 Å². The fraction of sp³-hybridized carbons (Fsp3) is 0.533. The number of aliphatic hydroxyl groups is 2. The van der Waals surface area contributed by atoms with Crippen molar-refractivity contribution < 1.29 is 14.9 Å². The summed E-state index contributed by atoms with van der Waals surface area (Å²) in [5, 5.41) is 28.7. The number of hydrogen-bond acceptors (Lipinski definition) is 5. The minimum atomic E-state index is -0.750. The van der Waals surface area contributed by atoms with Gasteiger partial charge in [-0.2, -0.15) is 5.26 Å². The molecule has 5 nitrogen and oxygen atoms in total. The summed E-state index contributed by atoms with van der Waals surface area (Å²) in [4.78, 5) is 1.88. The van der Waals surface area contributed by atoms with E-state index in [2.05, 4.69) is 6.07 Å². The lowest BCUT2D eigenvalue weighted by Gasteiger charge is -2.45. The number of ether oxygens (including phenoxy) is 1. The first-order chi connectivity index (χ1) is 9.40. The molecule has 0 amide bonds. The number of hydrogen-bond donors (Lipinski definition) is 2. The minimum absolute atomic E-state index is 0.00821. The van der Waals surface area contributed by atoms with E-state index in [1.54, 1.807) is 18.2 Å². The van der Waals surface area contributed by atoms with Gasteiger partial charge in [-0.15, -0.1) is 0 Å². The first kappa shape index (κ1) is 14.8. The van der Waals surface area contributed by atoms with E-state index in [0.717, 1.165) is 5.56 Å². The van der Waals surface area contributed by atoms with Crippen LogP contribution in [0.4, 0.5) is 0 Å². The largest absolute Gasteiger partial charge is 0.485 e. The molecule has 2 atom stereocenters. The second-order valence-corrected chi connectivity index (χ2v) is 5.66. The predicted octanol–water partition coefficient (Wildman–Crippen LogP) is 1.06. The highest BCUT2D eigenvalue weighted by atomic mass is 16.5. The molecular formula is C15H20N2O3. The molecule has 0 unspecified atom stereocenters. The van der Waals surface area contributed by atoms with Gasteiger partial charge in [0.2, 0.25) is 0 Å². The molecule has 5 heteroatoms. The average molecular weight is 276 g/mol. The summed E-state index contributed by atoms with van der Waals surface area (Å²) in [6, 6.07) is 7.00. The van der Waals surface area contributed by atoms with Crippen LogP contribution in [0.1, 0.15) is 31.0 Å². The Kier molecular flexibility index (Phi) is 4.00. The summed E-state index contributed by atoms with van der Waals surface area (Å²) < 4.78 is 5.84. The molecule has 1 aromatic rings. The Labute approximate surface area is 119 Å². The summed E-state index contributed by atoms with van der Waals surface area (Å²) in [5.74, 6) is 0.675. The average Bonchev–Trinajstić information content (AvgIpc) is 2.39. The highest BCUT2D eigenvalue weighted by Crippen LogP contribution is 2.42. The lowest BCUT2D eigenvalue weighted by molar-refractivity contribution is -0.0903. The van der Waals surface area contributed by atoms with E-state index < -0.39 is 11.7 Å². The molecule has 0 aromatic heterocycles. The summed E-state index contributed by atoms with van der Waals surface area (Å²) in [6.07, 6.45) is -0.750. The van der Waals surface area contributed by atoms with E-state index in [1.165, 1.54) is 0 Å². The standard InChI is InChI=1S/C15H20N2O3/c1-15(2)14(19)13(17(3)6-7-18)11-8-10(9-16)4-5-12(11)20-15/h4-5,8,13-14,18-19H,6-7H2,1-3H3/t13-,14+/m0/s1. The van der Waals surface area contributed by atoms with Gasteiger partial charge in [-0.05, 0) is 39.1 Å². The molecule has 108 valence electrons. The molecule has 0 fully saturated rings. The van der Waals surface area contributed by atoms with Crippen LogP contribution in [0, 0.1) is 11.3 Å². The third-order valence-corrected chi connectivity index (χ3v) is 3.77. The quantitative estimate of drug-likeness (QED) is 0.863. The minimum Gasteiger partial charge on any atom is -0.485 e. The number of nitriles is 1. The number of fused-ring (bicyclic) bond motifs is 1.